The number of anilines is 1. The molecular weight excluding hydrogens is 343 g/mol. The SMILES string of the molecule is Cc1cccc(CN2CCCC3(COCCN(c4ncccc4F)C3)C2)n1. The summed E-state index contributed by atoms with van der Waals surface area (Å²) < 4.78 is 20.3. The molecule has 2 aliphatic heterocycles. The molecule has 4 heterocycles. The topological polar surface area (TPSA) is 41.5 Å². The maximum Gasteiger partial charge on any atom is 0.165 e. The molecule has 2 fully saturated rings. The molecule has 0 aliphatic carbocycles. The van der Waals surface area contributed by atoms with Gasteiger partial charge in [0.1, 0.15) is 0 Å². The molecule has 0 radical (unpaired) electrons. The highest BCUT2D eigenvalue weighted by atomic mass is 19.1. The molecule has 4 rings (SSSR count). The van der Waals surface area contributed by atoms with Crippen LogP contribution in [0.3, 0.4) is 0 Å². The van der Waals surface area contributed by atoms with E-state index in [0.29, 0.717) is 19.0 Å². The van der Waals surface area contributed by atoms with E-state index in [1.54, 1.807) is 12.3 Å². The van der Waals surface area contributed by atoms with Crippen LogP contribution in [0.1, 0.15) is 24.2 Å². The van der Waals surface area contributed by atoms with Crippen molar-refractivity contribution < 1.29 is 9.13 Å². The van der Waals surface area contributed by atoms with Gasteiger partial charge in [0.25, 0.3) is 0 Å². The van der Waals surface area contributed by atoms with E-state index in [1.165, 1.54) is 6.07 Å². The Kier molecular flexibility index (Phi) is 5.36. The van der Waals surface area contributed by atoms with Crippen molar-refractivity contribution in [3.8, 4) is 0 Å². The molecule has 1 atom stereocenters. The number of aromatic nitrogens is 2. The molecule has 0 N–H and O–H groups in total. The Bertz CT molecular complexity index is 786. The van der Waals surface area contributed by atoms with E-state index in [4.69, 9.17) is 4.74 Å². The fourth-order valence-corrected chi connectivity index (χ4v) is 4.39. The number of rotatable bonds is 3. The van der Waals surface area contributed by atoms with Crippen molar-refractivity contribution >= 4 is 5.82 Å². The van der Waals surface area contributed by atoms with E-state index in [0.717, 1.165) is 57.0 Å². The van der Waals surface area contributed by atoms with Gasteiger partial charge >= 0.3 is 0 Å². The predicted octanol–water partition coefficient (Wildman–Crippen LogP) is 3.04. The summed E-state index contributed by atoms with van der Waals surface area (Å²) in [5, 5.41) is 0. The van der Waals surface area contributed by atoms with Crippen molar-refractivity contribution in [1.29, 1.82) is 0 Å². The van der Waals surface area contributed by atoms with Gasteiger partial charge in [-0.2, -0.15) is 0 Å². The molecule has 2 aliphatic rings. The molecule has 2 aromatic heterocycles. The number of pyridine rings is 2. The first-order chi connectivity index (χ1) is 13.1. The van der Waals surface area contributed by atoms with Crippen LogP contribution in [0.2, 0.25) is 0 Å². The average Bonchev–Trinajstić information content (AvgIpc) is 2.85. The number of halogens is 1. The number of nitrogens with zero attached hydrogens (tertiary/aromatic N) is 4. The smallest absolute Gasteiger partial charge is 0.165 e. The number of ether oxygens (including phenoxy) is 1. The largest absolute Gasteiger partial charge is 0.379 e. The van der Waals surface area contributed by atoms with Crippen LogP contribution in [-0.4, -0.2) is 54.3 Å². The molecule has 0 bridgehead atoms. The maximum atomic E-state index is 14.3. The van der Waals surface area contributed by atoms with Crippen molar-refractivity contribution in [2.75, 3.05) is 44.3 Å². The van der Waals surface area contributed by atoms with Gasteiger partial charge < -0.3 is 9.64 Å². The monoisotopic (exact) mass is 370 g/mol. The molecule has 2 aromatic rings. The second-order valence-corrected chi connectivity index (χ2v) is 7.87. The van der Waals surface area contributed by atoms with Crippen LogP contribution in [0, 0.1) is 18.2 Å². The Balaban J connectivity index is 1.51. The number of hydrogen-bond acceptors (Lipinski definition) is 5. The van der Waals surface area contributed by atoms with E-state index in [9.17, 15) is 4.39 Å². The molecule has 6 heteroatoms. The molecule has 1 spiro atoms. The molecule has 5 nitrogen and oxygen atoms in total. The third-order valence-corrected chi connectivity index (χ3v) is 5.55. The van der Waals surface area contributed by atoms with Crippen LogP contribution < -0.4 is 4.90 Å². The summed E-state index contributed by atoms with van der Waals surface area (Å²) in [6.45, 7) is 7.66. The molecule has 0 aromatic carbocycles. The van der Waals surface area contributed by atoms with Crippen molar-refractivity contribution in [1.82, 2.24) is 14.9 Å². The van der Waals surface area contributed by atoms with Crippen LogP contribution in [-0.2, 0) is 11.3 Å². The van der Waals surface area contributed by atoms with Crippen molar-refractivity contribution in [2.24, 2.45) is 5.41 Å². The summed E-state index contributed by atoms with van der Waals surface area (Å²) >= 11 is 0. The predicted molar refractivity (Wildman–Crippen MR) is 103 cm³/mol. The Morgan fingerprint density at radius 2 is 2.11 bits per heavy atom. The number of piperidine rings is 1. The maximum absolute atomic E-state index is 14.3. The molecule has 144 valence electrons. The van der Waals surface area contributed by atoms with Crippen molar-refractivity contribution in [2.45, 2.75) is 26.3 Å². The Labute approximate surface area is 160 Å². The van der Waals surface area contributed by atoms with Crippen LogP contribution in [0.4, 0.5) is 10.2 Å². The highest BCUT2D eigenvalue weighted by molar-refractivity contribution is 5.40. The second kappa shape index (κ2) is 7.90. The van der Waals surface area contributed by atoms with E-state index in [-0.39, 0.29) is 11.2 Å². The average molecular weight is 370 g/mol. The Morgan fingerprint density at radius 3 is 2.96 bits per heavy atom. The van der Waals surface area contributed by atoms with E-state index in [1.807, 2.05) is 13.0 Å². The quantitative estimate of drug-likeness (QED) is 0.831. The standard InChI is InChI=1S/C21H27FN4O/c1-17-5-2-6-18(24-17)13-25-10-4-8-21(14-25)15-26(11-12-27-16-21)20-19(22)7-3-9-23-20/h2-3,5-7,9H,4,8,10-16H2,1H3. The zero-order valence-corrected chi connectivity index (χ0v) is 15.9. The number of aryl methyl sites for hydroxylation is 1. The fourth-order valence-electron chi connectivity index (χ4n) is 4.39. The highest BCUT2D eigenvalue weighted by Gasteiger charge is 2.39. The van der Waals surface area contributed by atoms with Gasteiger partial charge in [-0.3, -0.25) is 9.88 Å². The van der Waals surface area contributed by atoms with Gasteiger partial charge in [-0.25, -0.2) is 9.37 Å². The number of likely N-dealkylation sites (tertiary alicyclic amines) is 1. The van der Waals surface area contributed by atoms with Gasteiger partial charge in [0.2, 0.25) is 0 Å². The summed E-state index contributed by atoms with van der Waals surface area (Å²) in [6.07, 6.45) is 3.87. The summed E-state index contributed by atoms with van der Waals surface area (Å²) in [6, 6.07) is 9.31. The zero-order valence-electron chi connectivity index (χ0n) is 15.9. The minimum atomic E-state index is -0.258. The first-order valence-electron chi connectivity index (χ1n) is 9.72. The van der Waals surface area contributed by atoms with Crippen molar-refractivity contribution in [3.63, 3.8) is 0 Å². The van der Waals surface area contributed by atoms with Gasteiger partial charge in [-0.05, 0) is 50.6 Å². The molecule has 1 unspecified atom stereocenters. The fraction of sp³-hybridized carbons (Fsp3) is 0.524. The lowest BCUT2D eigenvalue weighted by molar-refractivity contribution is 0.0103. The Hall–Kier alpha value is -2.05. The first-order valence-corrected chi connectivity index (χ1v) is 9.72. The minimum absolute atomic E-state index is 0.00252. The molecule has 2 saturated heterocycles. The molecule has 0 saturated carbocycles. The normalized spacial score (nSPS) is 24.1. The van der Waals surface area contributed by atoms with E-state index >= 15 is 0 Å². The lowest BCUT2D eigenvalue weighted by Gasteiger charge is -2.43. The first kappa shape index (κ1) is 18.3. The van der Waals surface area contributed by atoms with Gasteiger partial charge in [0.15, 0.2) is 11.6 Å². The van der Waals surface area contributed by atoms with Gasteiger partial charge in [-0.1, -0.05) is 6.07 Å². The molecule has 0 amide bonds. The van der Waals surface area contributed by atoms with Crippen molar-refractivity contribution in [3.05, 3.63) is 53.7 Å². The second-order valence-electron chi connectivity index (χ2n) is 7.87. The molecule has 27 heavy (non-hydrogen) atoms. The number of hydrogen-bond donors (Lipinski definition) is 0. The van der Waals surface area contributed by atoms with Crippen LogP contribution >= 0.6 is 0 Å². The van der Waals surface area contributed by atoms with Crippen LogP contribution in [0.25, 0.3) is 0 Å². The van der Waals surface area contributed by atoms with Gasteiger partial charge in [0.05, 0.1) is 18.9 Å². The van der Waals surface area contributed by atoms with E-state index in [2.05, 4.69) is 31.9 Å². The zero-order chi connectivity index (χ0) is 18.7. The highest BCUT2D eigenvalue weighted by Crippen LogP contribution is 2.35. The summed E-state index contributed by atoms with van der Waals surface area (Å²) in [5.74, 6) is 0.186. The lowest BCUT2D eigenvalue weighted by atomic mass is 9.80. The van der Waals surface area contributed by atoms with Crippen LogP contribution in [0.15, 0.2) is 36.5 Å². The summed E-state index contributed by atoms with van der Waals surface area (Å²) in [5.41, 5.74) is 2.16. The summed E-state index contributed by atoms with van der Waals surface area (Å²) in [7, 11) is 0. The minimum Gasteiger partial charge on any atom is -0.379 e. The Morgan fingerprint density at radius 1 is 1.19 bits per heavy atom. The van der Waals surface area contributed by atoms with Gasteiger partial charge in [0, 0.05) is 43.5 Å². The lowest BCUT2D eigenvalue weighted by Crippen LogP contribution is -2.50. The van der Waals surface area contributed by atoms with Crippen LogP contribution in [0.5, 0.6) is 0 Å². The summed E-state index contributed by atoms with van der Waals surface area (Å²) in [4.78, 5) is 13.5. The molecular formula is C21H27FN4O. The third-order valence-electron chi connectivity index (χ3n) is 5.55. The van der Waals surface area contributed by atoms with Gasteiger partial charge in [-0.15, -0.1) is 0 Å². The van der Waals surface area contributed by atoms with E-state index < -0.39 is 0 Å². The third kappa shape index (κ3) is 4.28.